The summed E-state index contributed by atoms with van der Waals surface area (Å²) >= 11 is 0. The van der Waals surface area contributed by atoms with Gasteiger partial charge in [-0.05, 0) is 43.2 Å². The molecule has 10 nitrogen and oxygen atoms in total. The van der Waals surface area contributed by atoms with Crippen molar-refractivity contribution in [2.45, 2.75) is 12.8 Å². The number of anilines is 4. The number of piperidine rings is 1. The van der Waals surface area contributed by atoms with E-state index < -0.39 is 0 Å². The highest BCUT2D eigenvalue weighted by Crippen LogP contribution is 2.34. The van der Waals surface area contributed by atoms with Gasteiger partial charge in [0.2, 0.25) is 12.7 Å². The molecular formula is C21H21N7O3. The first-order chi connectivity index (χ1) is 15.2. The molecule has 2 aliphatic heterocycles. The van der Waals surface area contributed by atoms with Crippen LogP contribution in [0.5, 0.6) is 11.5 Å². The van der Waals surface area contributed by atoms with Gasteiger partial charge in [0.15, 0.2) is 23.1 Å². The molecule has 5 rings (SSSR count). The Morgan fingerprint density at radius 2 is 1.87 bits per heavy atom. The third-order valence-corrected chi connectivity index (χ3v) is 5.32. The molecule has 1 saturated heterocycles. The van der Waals surface area contributed by atoms with E-state index in [-0.39, 0.29) is 18.6 Å². The van der Waals surface area contributed by atoms with Crippen molar-refractivity contribution in [2.24, 2.45) is 5.92 Å². The van der Waals surface area contributed by atoms with E-state index in [1.807, 2.05) is 24.3 Å². The maximum atomic E-state index is 12.7. The largest absolute Gasteiger partial charge is 0.454 e. The van der Waals surface area contributed by atoms with E-state index in [1.54, 1.807) is 18.3 Å². The summed E-state index contributed by atoms with van der Waals surface area (Å²) in [6.07, 6.45) is 4.62. The van der Waals surface area contributed by atoms with Crippen molar-refractivity contribution in [3.8, 4) is 11.5 Å². The number of carbonyl (C=O) groups excluding carboxylic acids is 1. The molecule has 10 heteroatoms. The Bertz CT molecular complexity index is 1050. The average molecular weight is 419 g/mol. The van der Waals surface area contributed by atoms with Crippen LogP contribution in [0.3, 0.4) is 0 Å². The van der Waals surface area contributed by atoms with E-state index in [1.165, 1.54) is 6.33 Å². The number of fused-ring (bicyclic) bond motifs is 1. The van der Waals surface area contributed by atoms with E-state index >= 15 is 0 Å². The summed E-state index contributed by atoms with van der Waals surface area (Å²) in [5.41, 5.74) is 0.717. The van der Waals surface area contributed by atoms with Gasteiger partial charge >= 0.3 is 0 Å². The lowest BCUT2D eigenvalue weighted by Crippen LogP contribution is -2.38. The van der Waals surface area contributed by atoms with Crippen molar-refractivity contribution in [2.75, 3.05) is 35.4 Å². The average Bonchev–Trinajstić information content (AvgIpc) is 3.28. The molecule has 2 N–H and O–H groups in total. The van der Waals surface area contributed by atoms with Gasteiger partial charge < -0.3 is 25.0 Å². The number of benzene rings is 1. The molecule has 4 heterocycles. The summed E-state index contributed by atoms with van der Waals surface area (Å²) in [6.45, 7) is 1.70. The van der Waals surface area contributed by atoms with Crippen LogP contribution in [-0.4, -0.2) is 46.0 Å². The molecule has 0 spiro atoms. The molecule has 0 atom stereocenters. The summed E-state index contributed by atoms with van der Waals surface area (Å²) in [5, 5.41) is 14.6. The standard InChI is InChI=1S/C21H21N7O3/c29-21(24-15-1-2-16-17(11-15)31-13-30-16)14-6-9-28(10-7-14)20-4-3-19(26-27-20)25-18-5-8-22-12-23-18/h1-5,8,11-12,14H,6-7,9-10,13H2,(H,24,29)(H,22,23,25,26). The van der Waals surface area contributed by atoms with E-state index in [9.17, 15) is 4.79 Å². The number of nitrogens with one attached hydrogen (secondary N) is 2. The zero-order valence-electron chi connectivity index (χ0n) is 16.7. The number of carbonyl (C=O) groups is 1. The summed E-state index contributed by atoms with van der Waals surface area (Å²) in [5.74, 6) is 3.39. The van der Waals surface area contributed by atoms with Gasteiger partial charge in [0, 0.05) is 37.0 Å². The quantitative estimate of drug-likeness (QED) is 0.644. The van der Waals surface area contributed by atoms with E-state index in [4.69, 9.17) is 9.47 Å². The third-order valence-electron chi connectivity index (χ3n) is 5.32. The van der Waals surface area contributed by atoms with Crippen molar-refractivity contribution in [1.29, 1.82) is 0 Å². The van der Waals surface area contributed by atoms with E-state index in [2.05, 4.69) is 35.7 Å². The number of hydrogen-bond acceptors (Lipinski definition) is 9. The molecule has 2 aliphatic rings. The van der Waals surface area contributed by atoms with Gasteiger partial charge in [-0.3, -0.25) is 4.79 Å². The molecule has 0 radical (unpaired) electrons. The van der Waals surface area contributed by atoms with Crippen molar-refractivity contribution in [1.82, 2.24) is 20.2 Å². The monoisotopic (exact) mass is 419 g/mol. The Morgan fingerprint density at radius 3 is 2.65 bits per heavy atom. The van der Waals surface area contributed by atoms with E-state index in [0.29, 0.717) is 28.8 Å². The number of hydrogen-bond donors (Lipinski definition) is 2. The van der Waals surface area contributed by atoms with Crippen molar-refractivity contribution in [3.63, 3.8) is 0 Å². The van der Waals surface area contributed by atoms with Crippen LogP contribution in [-0.2, 0) is 4.79 Å². The first-order valence-electron chi connectivity index (χ1n) is 10.1. The topological polar surface area (TPSA) is 114 Å². The second-order valence-electron chi connectivity index (χ2n) is 7.32. The summed E-state index contributed by atoms with van der Waals surface area (Å²) < 4.78 is 10.7. The molecule has 0 bridgehead atoms. The lowest BCUT2D eigenvalue weighted by molar-refractivity contribution is -0.120. The molecule has 0 aliphatic carbocycles. The minimum absolute atomic E-state index is 0.0222. The zero-order chi connectivity index (χ0) is 21.0. The lowest BCUT2D eigenvalue weighted by atomic mass is 9.96. The highest BCUT2D eigenvalue weighted by Gasteiger charge is 2.26. The molecule has 2 aromatic heterocycles. The molecule has 1 aromatic carbocycles. The SMILES string of the molecule is O=C(Nc1ccc2c(c1)OCO2)C1CCN(c2ccc(Nc3ccncn3)nn2)CC1. The van der Waals surface area contributed by atoms with Gasteiger partial charge in [0.1, 0.15) is 12.1 Å². The Balaban J connectivity index is 1.14. The summed E-state index contributed by atoms with van der Waals surface area (Å²) in [4.78, 5) is 22.8. The summed E-state index contributed by atoms with van der Waals surface area (Å²) in [7, 11) is 0. The van der Waals surface area contributed by atoms with Crippen LogP contribution in [0, 0.1) is 5.92 Å². The first-order valence-corrected chi connectivity index (χ1v) is 10.1. The van der Waals surface area contributed by atoms with Gasteiger partial charge in [0.05, 0.1) is 0 Å². The summed E-state index contributed by atoms with van der Waals surface area (Å²) in [6, 6.07) is 11.0. The van der Waals surface area contributed by atoms with Gasteiger partial charge in [-0.2, -0.15) is 0 Å². The molecule has 0 saturated carbocycles. The smallest absolute Gasteiger partial charge is 0.231 e. The van der Waals surface area contributed by atoms with Crippen LogP contribution in [0.25, 0.3) is 0 Å². The Kier molecular flexibility index (Phi) is 5.17. The van der Waals surface area contributed by atoms with Crippen LogP contribution < -0.4 is 25.0 Å². The fourth-order valence-corrected chi connectivity index (χ4v) is 3.65. The number of amides is 1. The molecule has 0 unspecified atom stereocenters. The highest BCUT2D eigenvalue weighted by molar-refractivity contribution is 5.93. The lowest BCUT2D eigenvalue weighted by Gasteiger charge is -2.31. The van der Waals surface area contributed by atoms with Crippen molar-refractivity contribution < 1.29 is 14.3 Å². The second kappa shape index (κ2) is 8.42. The number of nitrogens with zero attached hydrogens (tertiary/aromatic N) is 5. The van der Waals surface area contributed by atoms with E-state index in [0.717, 1.165) is 31.7 Å². The Labute approximate surface area is 178 Å². The molecular weight excluding hydrogens is 398 g/mol. The van der Waals surface area contributed by atoms with Crippen molar-refractivity contribution in [3.05, 3.63) is 48.9 Å². The minimum atomic E-state index is -0.0478. The molecule has 3 aromatic rings. The number of aromatic nitrogens is 4. The molecule has 31 heavy (non-hydrogen) atoms. The fourth-order valence-electron chi connectivity index (χ4n) is 3.65. The molecule has 158 valence electrons. The fraction of sp³-hybridized carbons (Fsp3) is 0.286. The Morgan fingerprint density at radius 1 is 1.00 bits per heavy atom. The molecule has 1 amide bonds. The predicted molar refractivity (Wildman–Crippen MR) is 113 cm³/mol. The number of ether oxygens (including phenoxy) is 2. The highest BCUT2D eigenvalue weighted by atomic mass is 16.7. The second-order valence-corrected chi connectivity index (χ2v) is 7.32. The first kappa shape index (κ1) is 19.0. The van der Waals surface area contributed by atoms with Crippen LogP contribution >= 0.6 is 0 Å². The van der Waals surface area contributed by atoms with Gasteiger partial charge in [-0.15, -0.1) is 10.2 Å². The number of rotatable bonds is 5. The van der Waals surface area contributed by atoms with Crippen LogP contribution in [0.2, 0.25) is 0 Å². The Hall–Kier alpha value is -3.95. The third kappa shape index (κ3) is 4.32. The maximum Gasteiger partial charge on any atom is 0.231 e. The molecule has 1 fully saturated rings. The van der Waals surface area contributed by atoms with Gasteiger partial charge in [0.25, 0.3) is 0 Å². The normalized spacial score (nSPS) is 15.5. The van der Waals surface area contributed by atoms with Crippen LogP contribution in [0.15, 0.2) is 48.9 Å². The van der Waals surface area contributed by atoms with Gasteiger partial charge in [-0.1, -0.05) is 0 Å². The van der Waals surface area contributed by atoms with Crippen LogP contribution in [0.1, 0.15) is 12.8 Å². The van der Waals surface area contributed by atoms with Gasteiger partial charge in [-0.25, -0.2) is 9.97 Å². The zero-order valence-corrected chi connectivity index (χ0v) is 16.7. The van der Waals surface area contributed by atoms with Crippen molar-refractivity contribution >= 4 is 29.0 Å². The van der Waals surface area contributed by atoms with Crippen LogP contribution in [0.4, 0.5) is 23.1 Å². The minimum Gasteiger partial charge on any atom is -0.454 e. The predicted octanol–water partition coefficient (Wildman–Crippen LogP) is 2.59. The maximum absolute atomic E-state index is 12.7.